The average Bonchev–Trinajstić information content (AvgIpc) is 2.80. The summed E-state index contributed by atoms with van der Waals surface area (Å²) < 4.78 is 24.0. The van der Waals surface area contributed by atoms with Crippen molar-refractivity contribution >= 4 is 5.97 Å². The molecule has 0 saturated heterocycles. The zero-order valence-electron chi connectivity index (χ0n) is 21.0. The Balaban J connectivity index is 1.49. The van der Waals surface area contributed by atoms with Gasteiger partial charge in [-0.3, -0.25) is 4.79 Å². The van der Waals surface area contributed by atoms with Crippen LogP contribution in [0.4, 0.5) is 0 Å². The predicted octanol–water partition coefficient (Wildman–Crippen LogP) is 4.77. The zero-order valence-corrected chi connectivity index (χ0v) is 21.0. The summed E-state index contributed by atoms with van der Waals surface area (Å²) in [7, 11) is 1.62. The summed E-state index contributed by atoms with van der Waals surface area (Å²) in [6, 6.07) is 8.79. The summed E-state index contributed by atoms with van der Waals surface area (Å²) in [6.07, 6.45) is 5.50. The lowest BCUT2D eigenvalue weighted by atomic mass is 9.72. The molecule has 1 aliphatic rings. The third kappa shape index (κ3) is 7.02. The first-order valence-electron chi connectivity index (χ1n) is 12.0. The molecule has 0 bridgehead atoms. The molecule has 0 atom stereocenters. The van der Waals surface area contributed by atoms with Crippen LogP contribution in [0.1, 0.15) is 52.1 Å². The zero-order chi connectivity index (χ0) is 24.7. The van der Waals surface area contributed by atoms with Crippen molar-refractivity contribution in [1.82, 2.24) is 4.57 Å². The summed E-state index contributed by atoms with van der Waals surface area (Å²) >= 11 is 0. The van der Waals surface area contributed by atoms with Crippen LogP contribution in [0.15, 0.2) is 41.3 Å². The second kappa shape index (κ2) is 11.4. The van der Waals surface area contributed by atoms with Gasteiger partial charge < -0.3 is 23.5 Å². The van der Waals surface area contributed by atoms with Gasteiger partial charge in [0.05, 0.1) is 19.3 Å². The molecule has 34 heavy (non-hydrogen) atoms. The van der Waals surface area contributed by atoms with Crippen LogP contribution in [-0.2, 0) is 16.1 Å². The fourth-order valence-electron chi connectivity index (χ4n) is 4.40. The van der Waals surface area contributed by atoms with Gasteiger partial charge in [0.15, 0.2) is 12.4 Å². The third-order valence-electron chi connectivity index (χ3n) is 6.58. The molecule has 1 fully saturated rings. The van der Waals surface area contributed by atoms with Crippen molar-refractivity contribution in [3.8, 4) is 17.2 Å². The first kappa shape index (κ1) is 25.7. The Kier molecular flexibility index (Phi) is 8.64. The first-order chi connectivity index (χ1) is 16.2. The molecule has 1 aliphatic carbocycles. The van der Waals surface area contributed by atoms with Gasteiger partial charge in [-0.1, -0.05) is 20.8 Å². The molecule has 7 nitrogen and oxygen atoms in total. The summed E-state index contributed by atoms with van der Waals surface area (Å²) in [4.78, 5) is 24.7. The van der Waals surface area contributed by atoms with Gasteiger partial charge in [-0.05, 0) is 68.2 Å². The Bertz CT molecular complexity index is 997. The number of rotatable bonds is 9. The number of carbonyl (C=O) groups excluding carboxylic acids is 1. The van der Waals surface area contributed by atoms with Gasteiger partial charge in [0.2, 0.25) is 5.43 Å². The lowest BCUT2D eigenvalue weighted by Gasteiger charge is -2.36. The van der Waals surface area contributed by atoms with Crippen LogP contribution in [0.25, 0.3) is 0 Å². The maximum Gasteiger partial charge on any atom is 0.344 e. The average molecular weight is 472 g/mol. The van der Waals surface area contributed by atoms with E-state index in [-0.39, 0.29) is 29.3 Å². The SMILES string of the molecule is COc1ccc(OCCn2ccc(=O)c(OCC(=O)OC3CCC(C(C)(C)C)CC3)c2C)cc1. The maximum absolute atomic E-state index is 12.4. The predicted molar refractivity (Wildman–Crippen MR) is 131 cm³/mol. The van der Waals surface area contributed by atoms with Gasteiger partial charge >= 0.3 is 5.97 Å². The second-order valence-corrected chi connectivity index (χ2v) is 9.93. The summed E-state index contributed by atoms with van der Waals surface area (Å²) in [5.41, 5.74) is 0.662. The van der Waals surface area contributed by atoms with Gasteiger partial charge in [0.1, 0.15) is 24.2 Å². The van der Waals surface area contributed by atoms with Crippen LogP contribution in [-0.4, -0.2) is 37.0 Å². The fourth-order valence-corrected chi connectivity index (χ4v) is 4.40. The van der Waals surface area contributed by atoms with Crippen molar-refractivity contribution in [2.75, 3.05) is 20.3 Å². The van der Waals surface area contributed by atoms with E-state index in [1.54, 1.807) is 20.2 Å². The molecule has 1 heterocycles. The minimum absolute atomic E-state index is 0.0710. The number of hydrogen-bond donors (Lipinski definition) is 0. The molecule has 0 spiro atoms. The van der Waals surface area contributed by atoms with E-state index in [0.29, 0.717) is 24.8 Å². The van der Waals surface area contributed by atoms with Crippen LogP contribution in [0.5, 0.6) is 17.2 Å². The molecule has 1 aromatic heterocycles. The number of ether oxygens (including phenoxy) is 4. The van der Waals surface area contributed by atoms with E-state index >= 15 is 0 Å². The molecule has 0 radical (unpaired) electrons. The Hall–Kier alpha value is -2.96. The van der Waals surface area contributed by atoms with E-state index < -0.39 is 5.97 Å². The van der Waals surface area contributed by atoms with Crippen molar-refractivity contribution in [3.05, 3.63) is 52.4 Å². The van der Waals surface area contributed by atoms with Gasteiger partial charge in [-0.25, -0.2) is 4.79 Å². The number of aromatic nitrogens is 1. The Labute approximate surface area is 202 Å². The topological polar surface area (TPSA) is 76.0 Å². The van der Waals surface area contributed by atoms with Crippen LogP contribution in [0.2, 0.25) is 0 Å². The number of esters is 1. The number of benzene rings is 1. The van der Waals surface area contributed by atoms with E-state index in [0.717, 1.165) is 37.2 Å². The number of carbonyl (C=O) groups is 1. The molecule has 0 amide bonds. The van der Waals surface area contributed by atoms with Gasteiger partial charge in [0, 0.05) is 12.3 Å². The number of hydrogen-bond acceptors (Lipinski definition) is 6. The molecule has 2 aromatic rings. The van der Waals surface area contributed by atoms with Gasteiger partial charge in [-0.2, -0.15) is 0 Å². The highest BCUT2D eigenvalue weighted by Crippen LogP contribution is 2.38. The quantitative estimate of drug-likeness (QED) is 0.491. The van der Waals surface area contributed by atoms with Crippen molar-refractivity contribution < 1.29 is 23.7 Å². The Morgan fingerprint density at radius 3 is 2.26 bits per heavy atom. The van der Waals surface area contributed by atoms with E-state index in [4.69, 9.17) is 18.9 Å². The maximum atomic E-state index is 12.4. The molecule has 1 saturated carbocycles. The molecule has 0 unspecified atom stereocenters. The largest absolute Gasteiger partial charge is 0.497 e. The highest BCUT2D eigenvalue weighted by molar-refractivity contribution is 5.71. The van der Waals surface area contributed by atoms with E-state index in [9.17, 15) is 9.59 Å². The second-order valence-electron chi connectivity index (χ2n) is 9.93. The molecular formula is C27H37NO6. The summed E-state index contributed by atoms with van der Waals surface area (Å²) in [6.45, 7) is 9.24. The van der Waals surface area contributed by atoms with Crippen LogP contribution >= 0.6 is 0 Å². The van der Waals surface area contributed by atoms with Crippen molar-refractivity contribution in [2.45, 2.75) is 66.0 Å². The van der Waals surface area contributed by atoms with Crippen LogP contribution < -0.4 is 19.6 Å². The minimum atomic E-state index is -0.434. The Morgan fingerprint density at radius 1 is 1.00 bits per heavy atom. The molecule has 3 rings (SSSR count). The molecule has 186 valence electrons. The van der Waals surface area contributed by atoms with Gasteiger partial charge in [-0.15, -0.1) is 0 Å². The standard InChI is InChI=1S/C27H37NO6/c1-19-26(33-18-25(30)34-23-8-6-20(7-9-23)27(2,3)4)24(29)14-15-28(19)16-17-32-22-12-10-21(31-5)11-13-22/h10-15,20,23H,6-9,16-18H2,1-5H3. The highest BCUT2D eigenvalue weighted by atomic mass is 16.6. The monoisotopic (exact) mass is 471 g/mol. The third-order valence-corrected chi connectivity index (χ3v) is 6.58. The lowest BCUT2D eigenvalue weighted by Crippen LogP contribution is -2.31. The minimum Gasteiger partial charge on any atom is -0.497 e. The van der Waals surface area contributed by atoms with Crippen LogP contribution in [0, 0.1) is 18.3 Å². The van der Waals surface area contributed by atoms with Crippen molar-refractivity contribution in [1.29, 1.82) is 0 Å². The molecule has 1 aromatic carbocycles. The molecule has 7 heteroatoms. The van der Waals surface area contributed by atoms with E-state index in [1.165, 1.54) is 6.07 Å². The van der Waals surface area contributed by atoms with Crippen LogP contribution in [0.3, 0.4) is 0 Å². The van der Waals surface area contributed by atoms with E-state index in [2.05, 4.69) is 20.8 Å². The fraction of sp³-hybridized carbons (Fsp3) is 0.556. The molecular weight excluding hydrogens is 434 g/mol. The van der Waals surface area contributed by atoms with Gasteiger partial charge in [0.25, 0.3) is 0 Å². The van der Waals surface area contributed by atoms with Crippen molar-refractivity contribution in [2.24, 2.45) is 11.3 Å². The first-order valence-corrected chi connectivity index (χ1v) is 12.0. The number of pyridine rings is 1. The molecule has 0 N–H and O–H groups in total. The smallest absolute Gasteiger partial charge is 0.344 e. The number of methoxy groups -OCH3 is 1. The molecule has 0 aliphatic heterocycles. The lowest BCUT2D eigenvalue weighted by molar-refractivity contribution is -0.153. The van der Waals surface area contributed by atoms with Crippen molar-refractivity contribution in [3.63, 3.8) is 0 Å². The summed E-state index contributed by atoms with van der Waals surface area (Å²) in [5.74, 6) is 1.88. The Morgan fingerprint density at radius 2 is 1.65 bits per heavy atom. The normalized spacial score (nSPS) is 18.3. The number of nitrogens with zero attached hydrogens (tertiary/aromatic N) is 1. The van der Waals surface area contributed by atoms with E-state index in [1.807, 2.05) is 28.8 Å². The highest BCUT2D eigenvalue weighted by Gasteiger charge is 2.31. The summed E-state index contributed by atoms with van der Waals surface area (Å²) in [5, 5.41) is 0.